The van der Waals surface area contributed by atoms with Gasteiger partial charge in [0.05, 0.1) is 13.5 Å². The van der Waals surface area contributed by atoms with Crippen LogP contribution < -0.4 is 9.64 Å². The number of para-hydroxylation sites is 1. The van der Waals surface area contributed by atoms with Crippen LogP contribution >= 0.6 is 11.3 Å². The first-order chi connectivity index (χ1) is 10.1. The number of thiophene rings is 1. The highest BCUT2D eigenvalue weighted by Crippen LogP contribution is 2.28. The minimum Gasteiger partial charge on any atom is -0.495 e. The average Bonchev–Trinajstić information content (AvgIpc) is 2.96. The third-order valence-corrected chi connectivity index (χ3v) is 3.79. The number of aliphatic carboxylic acids is 1. The predicted molar refractivity (Wildman–Crippen MR) is 81.2 cm³/mol. The minimum atomic E-state index is -0.943. The van der Waals surface area contributed by atoms with Crippen molar-refractivity contribution in [2.24, 2.45) is 0 Å². The highest BCUT2D eigenvalue weighted by molar-refractivity contribution is 7.12. The van der Waals surface area contributed by atoms with Gasteiger partial charge < -0.3 is 14.7 Å². The van der Waals surface area contributed by atoms with Crippen LogP contribution in [-0.2, 0) is 4.79 Å². The SMILES string of the molecule is COc1ccsc1C(=O)N(CCC(=O)O)c1ccccc1. The zero-order chi connectivity index (χ0) is 15.2. The lowest BCUT2D eigenvalue weighted by atomic mass is 10.2. The standard InChI is InChI=1S/C15H15NO4S/c1-20-12-8-10-21-14(12)15(19)16(9-7-13(17)18)11-5-3-2-4-6-11/h2-6,8,10H,7,9H2,1H3,(H,17,18). The lowest BCUT2D eigenvalue weighted by Gasteiger charge is -2.22. The molecule has 0 radical (unpaired) electrons. The maximum absolute atomic E-state index is 12.7. The van der Waals surface area contributed by atoms with E-state index in [2.05, 4.69) is 0 Å². The van der Waals surface area contributed by atoms with Crippen LogP contribution in [0.25, 0.3) is 0 Å². The second kappa shape index (κ2) is 6.90. The Morgan fingerprint density at radius 2 is 1.95 bits per heavy atom. The van der Waals surface area contributed by atoms with Crippen molar-refractivity contribution in [2.45, 2.75) is 6.42 Å². The van der Waals surface area contributed by atoms with E-state index >= 15 is 0 Å². The second-order valence-electron chi connectivity index (χ2n) is 4.25. The number of carboxylic acid groups (broad SMARTS) is 1. The summed E-state index contributed by atoms with van der Waals surface area (Å²) in [5, 5.41) is 10.6. The molecule has 1 aromatic heterocycles. The summed E-state index contributed by atoms with van der Waals surface area (Å²) in [5.41, 5.74) is 0.666. The number of carbonyl (C=O) groups excluding carboxylic acids is 1. The molecule has 0 aliphatic carbocycles. The molecule has 0 unspecified atom stereocenters. The molecule has 0 atom stereocenters. The van der Waals surface area contributed by atoms with E-state index in [4.69, 9.17) is 9.84 Å². The third-order valence-electron chi connectivity index (χ3n) is 2.91. The van der Waals surface area contributed by atoms with E-state index in [0.717, 1.165) is 0 Å². The van der Waals surface area contributed by atoms with Crippen LogP contribution in [0.5, 0.6) is 5.75 Å². The van der Waals surface area contributed by atoms with Gasteiger partial charge in [-0.05, 0) is 23.6 Å². The molecule has 0 spiro atoms. The molecule has 1 heterocycles. The number of rotatable bonds is 6. The maximum atomic E-state index is 12.7. The molecule has 6 heteroatoms. The fourth-order valence-electron chi connectivity index (χ4n) is 1.90. The molecule has 1 N–H and O–H groups in total. The fourth-order valence-corrected chi connectivity index (χ4v) is 2.71. The number of carbonyl (C=O) groups is 2. The molecule has 0 aliphatic heterocycles. The van der Waals surface area contributed by atoms with Crippen molar-refractivity contribution in [1.82, 2.24) is 0 Å². The van der Waals surface area contributed by atoms with Crippen LogP contribution in [-0.4, -0.2) is 30.6 Å². The Balaban J connectivity index is 2.30. The van der Waals surface area contributed by atoms with Crippen LogP contribution in [0, 0.1) is 0 Å². The molecule has 5 nitrogen and oxygen atoms in total. The molecule has 110 valence electrons. The Hall–Kier alpha value is -2.34. The molecule has 1 aromatic carbocycles. The normalized spacial score (nSPS) is 10.1. The molecule has 0 fully saturated rings. The van der Waals surface area contributed by atoms with Gasteiger partial charge in [-0.15, -0.1) is 11.3 Å². The second-order valence-corrected chi connectivity index (χ2v) is 5.17. The molecule has 2 aromatic rings. The third kappa shape index (κ3) is 3.61. The lowest BCUT2D eigenvalue weighted by Crippen LogP contribution is -2.32. The highest BCUT2D eigenvalue weighted by atomic mass is 32.1. The zero-order valence-corrected chi connectivity index (χ0v) is 12.3. The van der Waals surface area contributed by atoms with E-state index in [-0.39, 0.29) is 18.9 Å². The molecule has 21 heavy (non-hydrogen) atoms. The van der Waals surface area contributed by atoms with Crippen molar-refractivity contribution in [1.29, 1.82) is 0 Å². The highest BCUT2D eigenvalue weighted by Gasteiger charge is 2.22. The Morgan fingerprint density at radius 3 is 2.57 bits per heavy atom. The average molecular weight is 305 g/mol. The summed E-state index contributed by atoms with van der Waals surface area (Å²) >= 11 is 1.28. The number of hydrogen-bond acceptors (Lipinski definition) is 4. The van der Waals surface area contributed by atoms with Gasteiger partial charge in [0, 0.05) is 12.2 Å². The molecule has 0 saturated heterocycles. The van der Waals surface area contributed by atoms with E-state index in [1.807, 2.05) is 18.2 Å². The van der Waals surface area contributed by atoms with E-state index in [1.54, 1.807) is 23.6 Å². The van der Waals surface area contributed by atoms with E-state index in [0.29, 0.717) is 16.3 Å². The number of nitrogens with zero attached hydrogens (tertiary/aromatic N) is 1. The van der Waals surface area contributed by atoms with Crippen LogP contribution in [0.1, 0.15) is 16.1 Å². The number of hydrogen-bond donors (Lipinski definition) is 1. The van der Waals surface area contributed by atoms with Gasteiger partial charge in [-0.25, -0.2) is 0 Å². The molecular weight excluding hydrogens is 290 g/mol. The summed E-state index contributed by atoms with van der Waals surface area (Å²) in [6, 6.07) is 10.7. The Bertz CT molecular complexity index is 624. The monoisotopic (exact) mass is 305 g/mol. The van der Waals surface area contributed by atoms with Gasteiger partial charge in [-0.3, -0.25) is 9.59 Å². The van der Waals surface area contributed by atoms with Crippen LogP contribution in [0.3, 0.4) is 0 Å². The van der Waals surface area contributed by atoms with Crippen molar-refractivity contribution in [2.75, 3.05) is 18.6 Å². The summed E-state index contributed by atoms with van der Waals surface area (Å²) in [5.74, 6) is -0.697. The topological polar surface area (TPSA) is 66.8 Å². The van der Waals surface area contributed by atoms with Gasteiger partial charge in [0.25, 0.3) is 5.91 Å². The summed E-state index contributed by atoms with van der Waals surface area (Å²) < 4.78 is 5.16. The van der Waals surface area contributed by atoms with Crippen molar-refractivity contribution in [3.05, 3.63) is 46.7 Å². The van der Waals surface area contributed by atoms with Crippen LogP contribution in [0.15, 0.2) is 41.8 Å². The lowest BCUT2D eigenvalue weighted by molar-refractivity contribution is -0.136. The molecule has 0 aliphatic rings. The van der Waals surface area contributed by atoms with Crippen LogP contribution in [0.4, 0.5) is 5.69 Å². The number of anilines is 1. The van der Waals surface area contributed by atoms with E-state index in [1.165, 1.54) is 23.3 Å². The zero-order valence-electron chi connectivity index (χ0n) is 11.5. The molecule has 1 amide bonds. The largest absolute Gasteiger partial charge is 0.495 e. The van der Waals surface area contributed by atoms with Gasteiger partial charge in [0.15, 0.2) is 0 Å². The number of ether oxygens (including phenoxy) is 1. The quantitative estimate of drug-likeness (QED) is 0.891. The molecule has 2 rings (SSSR count). The molecule has 0 bridgehead atoms. The van der Waals surface area contributed by atoms with E-state index < -0.39 is 5.97 Å². The first-order valence-corrected chi connectivity index (χ1v) is 7.21. The van der Waals surface area contributed by atoms with Gasteiger partial charge in [-0.2, -0.15) is 0 Å². The van der Waals surface area contributed by atoms with Crippen molar-refractivity contribution in [3.63, 3.8) is 0 Å². The van der Waals surface area contributed by atoms with Crippen LogP contribution in [0.2, 0.25) is 0 Å². The first-order valence-electron chi connectivity index (χ1n) is 6.33. The van der Waals surface area contributed by atoms with Gasteiger partial charge >= 0.3 is 5.97 Å². The van der Waals surface area contributed by atoms with Gasteiger partial charge in [0.2, 0.25) is 0 Å². The summed E-state index contributed by atoms with van der Waals surface area (Å²) in [7, 11) is 1.50. The first kappa shape index (κ1) is 15.1. The summed E-state index contributed by atoms with van der Waals surface area (Å²) in [6.07, 6.45) is -0.117. The number of benzene rings is 1. The number of amides is 1. The fraction of sp³-hybridized carbons (Fsp3) is 0.200. The van der Waals surface area contributed by atoms with Gasteiger partial charge in [-0.1, -0.05) is 18.2 Å². The Kier molecular flexibility index (Phi) is 4.94. The number of methoxy groups -OCH3 is 1. The molecular formula is C15H15NO4S. The summed E-state index contributed by atoms with van der Waals surface area (Å²) in [6.45, 7) is 0.110. The Morgan fingerprint density at radius 1 is 1.24 bits per heavy atom. The van der Waals surface area contributed by atoms with E-state index in [9.17, 15) is 9.59 Å². The molecule has 0 saturated carbocycles. The van der Waals surface area contributed by atoms with Gasteiger partial charge in [0.1, 0.15) is 10.6 Å². The Labute approximate surface area is 126 Å². The number of carboxylic acids is 1. The predicted octanol–water partition coefficient (Wildman–Crippen LogP) is 2.88. The maximum Gasteiger partial charge on any atom is 0.305 e. The van der Waals surface area contributed by atoms with Crippen molar-refractivity contribution < 1.29 is 19.4 Å². The summed E-state index contributed by atoms with van der Waals surface area (Å²) in [4.78, 5) is 25.4. The minimum absolute atomic E-state index is 0.110. The van der Waals surface area contributed by atoms with Crippen molar-refractivity contribution >= 4 is 28.9 Å². The van der Waals surface area contributed by atoms with Crippen molar-refractivity contribution in [3.8, 4) is 5.75 Å². The smallest absolute Gasteiger partial charge is 0.305 e.